The summed E-state index contributed by atoms with van der Waals surface area (Å²) >= 11 is 1.47. The number of thiophene rings is 1. The van der Waals surface area contributed by atoms with Gasteiger partial charge < -0.3 is 5.11 Å². The van der Waals surface area contributed by atoms with Crippen LogP contribution in [0.2, 0.25) is 0 Å². The van der Waals surface area contributed by atoms with Gasteiger partial charge in [0.1, 0.15) is 4.90 Å². The van der Waals surface area contributed by atoms with E-state index in [4.69, 9.17) is 5.11 Å². The number of likely N-dealkylation sites (N-methyl/N-ethyl adjacent to an activating group) is 1. The molecule has 0 saturated carbocycles. The number of hydrogen-bond donors (Lipinski definition) is 1. The normalized spacial score (nSPS) is 20.0. The number of rotatable bonds is 5. The van der Waals surface area contributed by atoms with E-state index < -0.39 is 16.0 Å². The number of carboxylic acids is 1. The van der Waals surface area contributed by atoms with Gasteiger partial charge in [-0.15, -0.1) is 11.3 Å². The van der Waals surface area contributed by atoms with Crippen molar-refractivity contribution in [2.45, 2.75) is 30.2 Å². The molecule has 0 aromatic carbocycles. The van der Waals surface area contributed by atoms with Crippen LogP contribution < -0.4 is 0 Å². The van der Waals surface area contributed by atoms with Gasteiger partial charge in [0.05, 0.1) is 16.8 Å². The standard InChI is InChI=1S/C16H21N3O4S2/c1-18(11-16(20)21)12-3-2-6-19(7-4-12)25(22,23)13-9-15-14(17-10-13)5-8-24-15/h5,8-10,12H,2-4,6-7,11H2,1H3,(H,20,21). The lowest BCUT2D eigenvalue weighted by Crippen LogP contribution is -2.37. The lowest BCUT2D eigenvalue weighted by molar-refractivity contribution is -0.138. The maximum atomic E-state index is 12.9. The Labute approximate surface area is 150 Å². The second-order valence-corrected chi connectivity index (χ2v) is 9.16. The summed E-state index contributed by atoms with van der Waals surface area (Å²) in [5, 5.41) is 10.8. The number of carbonyl (C=O) groups is 1. The van der Waals surface area contributed by atoms with Gasteiger partial charge >= 0.3 is 5.97 Å². The number of pyridine rings is 1. The summed E-state index contributed by atoms with van der Waals surface area (Å²) in [5.41, 5.74) is 0.801. The average molecular weight is 383 g/mol. The van der Waals surface area contributed by atoms with Gasteiger partial charge in [0.25, 0.3) is 0 Å². The van der Waals surface area contributed by atoms with E-state index in [9.17, 15) is 13.2 Å². The molecule has 1 unspecified atom stereocenters. The van der Waals surface area contributed by atoms with Crippen molar-refractivity contribution in [2.75, 3.05) is 26.7 Å². The fourth-order valence-electron chi connectivity index (χ4n) is 3.19. The minimum atomic E-state index is -3.58. The first-order valence-corrected chi connectivity index (χ1v) is 10.5. The molecule has 136 valence electrons. The van der Waals surface area contributed by atoms with Crippen molar-refractivity contribution in [1.82, 2.24) is 14.2 Å². The Morgan fingerprint density at radius 1 is 1.44 bits per heavy atom. The number of fused-ring (bicyclic) bond motifs is 1. The Hall–Kier alpha value is -1.55. The van der Waals surface area contributed by atoms with Gasteiger partial charge in [-0.1, -0.05) is 0 Å². The molecule has 1 atom stereocenters. The molecule has 0 radical (unpaired) electrons. The van der Waals surface area contributed by atoms with Crippen LogP contribution in [-0.2, 0) is 14.8 Å². The van der Waals surface area contributed by atoms with E-state index >= 15 is 0 Å². The number of sulfonamides is 1. The van der Waals surface area contributed by atoms with E-state index in [1.54, 1.807) is 18.0 Å². The molecule has 0 aliphatic carbocycles. The highest BCUT2D eigenvalue weighted by Gasteiger charge is 2.29. The molecular weight excluding hydrogens is 362 g/mol. The van der Waals surface area contributed by atoms with Gasteiger partial charge in [-0.05, 0) is 43.8 Å². The smallest absolute Gasteiger partial charge is 0.317 e. The lowest BCUT2D eigenvalue weighted by Gasteiger charge is -2.25. The van der Waals surface area contributed by atoms with Crippen LogP contribution in [0.3, 0.4) is 0 Å². The second kappa shape index (κ2) is 7.36. The molecule has 1 aliphatic heterocycles. The van der Waals surface area contributed by atoms with Crippen LogP contribution in [0.25, 0.3) is 10.2 Å². The number of aliphatic carboxylic acids is 1. The summed E-state index contributed by atoms with van der Waals surface area (Å²) in [6.07, 6.45) is 3.54. The van der Waals surface area contributed by atoms with Crippen molar-refractivity contribution in [3.63, 3.8) is 0 Å². The van der Waals surface area contributed by atoms with E-state index in [2.05, 4.69) is 4.98 Å². The third kappa shape index (κ3) is 4.00. The first kappa shape index (κ1) is 18.2. The maximum Gasteiger partial charge on any atom is 0.317 e. The number of nitrogens with zero attached hydrogens (tertiary/aromatic N) is 3. The van der Waals surface area contributed by atoms with Crippen molar-refractivity contribution < 1.29 is 18.3 Å². The quantitative estimate of drug-likeness (QED) is 0.847. The zero-order valence-electron chi connectivity index (χ0n) is 14.0. The fraction of sp³-hybridized carbons (Fsp3) is 0.500. The van der Waals surface area contributed by atoms with Gasteiger partial charge in [0.2, 0.25) is 10.0 Å². The topological polar surface area (TPSA) is 90.8 Å². The minimum absolute atomic E-state index is 0.0314. The molecule has 1 saturated heterocycles. The number of hydrogen-bond acceptors (Lipinski definition) is 6. The molecule has 2 aromatic heterocycles. The van der Waals surface area contributed by atoms with E-state index in [1.807, 2.05) is 11.4 Å². The van der Waals surface area contributed by atoms with Crippen LogP contribution >= 0.6 is 11.3 Å². The first-order chi connectivity index (χ1) is 11.9. The predicted molar refractivity (Wildman–Crippen MR) is 96.3 cm³/mol. The van der Waals surface area contributed by atoms with Gasteiger partial charge in [0, 0.05) is 25.3 Å². The third-order valence-corrected chi connectivity index (χ3v) is 7.30. The van der Waals surface area contributed by atoms with Gasteiger partial charge in [-0.3, -0.25) is 14.7 Å². The number of aromatic nitrogens is 1. The molecule has 3 rings (SSSR count). The van der Waals surface area contributed by atoms with Crippen LogP contribution in [0, 0.1) is 0 Å². The van der Waals surface area contributed by atoms with E-state index in [-0.39, 0.29) is 17.5 Å². The van der Waals surface area contributed by atoms with E-state index in [1.165, 1.54) is 21.8 Å². The average Bonchev–Trinajstić information content (AvgIpc) is 2.87. The largest absolute Gasteiger partial charge is 0.480 e. The summed E-state index contributed by atoms with van der Waals surface area (Å²) in [6.45, 7) is 0.804. The van der Waals surface area contributed by atoms with Crippen LogP contribution in [0.15, 0.2) is 28.6 Å². The second-order valence-electron chi connectivity index (χ2n) is 6.27. The van der Waals surface area contributed by atoms with Gasteiger partial charge in [-0.2, -0.15) is 4.31 Å². The molecular formula is C16H21N3O4S2. The molecule has 1 N–H and O–H groups in total. The summed E-state index contributed by atoms with van der Waals surface area (Å²) in [6, 6.07) is 3.63. The van der Waals surface area contributed by atoms with E-state index in [0.717, 1.165) is 16.6 Å². The van der Waals surface area contributed by atoms with Gasteiger partial charge in [-0.25, -0.2) is 8.42 Å². The summed E-state index contributed by atoms with van der Waals surface area (Å²) in [4.78, 5) is 17.1. The molecule has 0 bridgehead atoms. The Morgan fingerprint density at radius 3 is 3.00 bits per heavy atom. The molecule has 0 amide bonds. The maximum absolute atomic E-state index is 12.9. The van der Waals surface area contributed by atoms with Crippen molar-refractivity contribution in [3.8, 4) is 0 Å². The molecule has 9 heteroatoms. The summed E-state index contributed by atoms with van der Waals surface area (Å²) in [5.74, 6) is -0.869. The predicted octanol–water partition coefficient (Wildman–Crippen LogP) is 1.86. The van der Waals surface area contributed by atoms with Crippen LogP contribution in [-0.4, -0.2) is 66.4 Å². The molecule has 3 heterocycles. The van der Waals surface area contributed by atoms with Crippen molar-refractivity contribution in [1.29, 1.82) is 0 Å². The van der Waals surface area contributed by atoms with Crippen LogP contribution in [0.1, 0.15) is 19.3 Å². The SMILES string of the molecule is CN(CC(=O)O)C1CCCN(S(=O)(=O)c2cnc3ccsc3c2)CC1. The molecule has 1 fully saturated rings. The third-order valence-electron chi connectivity index (χ3n) is 4.58. The zero-order chi connectivity index (χ0) is 18.0. The summed E-state index contributed by atoms with van der Waals surface area (Å²) < 4.78 is 28.2. The molecule has 0 spiro atoms. The number of carboxylic acid groups (broad SMARTS) is 1. The van der Waals surface area contributed by atoms with Gasteiger partial charge in [0.15, 0.2) is 0 Å². The van der Waals surface area contributed by atoms with Crippen molar-refractivity contribution >= 4 is 37.5 Å². The fourth-order valence-corrected chi connectivity index (χ4v) is 5.52. The Balaban J connectivity index is 1.75. The lowest BCUT2D eigenvalue weighted by atomic mass is 10.1. The van der Waals surface area contributed by atoms with E-state index in [0.29, 0.717) is 25.9 Å². The first-order valence-electron chi connectivity index (χ1n) is 8.13. The molecule has 25 heavy (non-hydrogen) atoms. The molecule has 7 nitrogen and oxygen atoms in total. The monoisotopic (exact) mass is 383 g/mol. The highest BCUT2D eigenvalue weighted by atomic mass is 32.2. The minimum Gasteiger partial charge on any atom is -0.480 e. The Morgan fingerprint density at radius 2 is 2.24 bits per heavy atom. The van der Waals surface area contributed by atoms with Crippen LogP contribution in [0.4, 0.5) is 0 Å². The molecule has 2 aromatic rings. The van der Waals surface area contributed by atoms with Crippen LogP contribution in [0.5, 0.6) is 0 Å². The zero-order valence-corrected chi connectivity index (χ0v) is 15.6. The Kier molecular flexibility index (Phi) is 5.38. The summed E-state index contributed by atoms with van der Waals surface area (Å²) in [7, 11) is -1.81. The highest BCUT2D eigenvalue weighted by molar-refractivity contribution is 7.89. The molecule has 1 aliphatic rings. The highest BCUT2D eigenvalue weighted by Crippen LogP contribution is 2.26. The Bertz CT molecular complexity index is 865. The van der Waals surface area contributed by atoms with Crippen molar-refractivity contribution in [3.05, 3.63) is 23.7 Å². The van der Waals surface area contributed by atoms with Crippen molar-refractivity contribution in [2.24, 2.45) is 0 Å².